The Kier molecular flexibility index (Phi) is 7.05. The predicted molar refractivity (Wildman–Crippen MR) is 224 cm³/mol. The minimum atomic E-state index is 0.882. The zero-order chi connectivity index (χ0) is 34.8. The van der Waals surface area contributed by atoms with Gasteiger partial charge in [-0.1, -0.05) is 122 Å². The van der Waals surface area contributed by atoms with Crippen molar-refractivity contribution in [2.24, 2.45) is 0 Å². The van der Waals surface area contributed by atoms with Gasteiger partial charge in [0.2, 0.25) is 0 Å². The molecule has 52 heavy (non-hydrogen) atoms. The molecule has 10 rings (SSSR count). The van der Waals surface area contributed by atoms with Gasteiger partial charge in [-0.3, -0.25) is 4.57 Å². The molecular weight excluding hydrogens is 651 g/mol. The van der Waals surface area contributed by atoms with Gasteiger partial charge < -0.3 is 4.57 Å². The third-order valence-corrected chi connectivity index (χ3v) is 11.5. The molecule has 0 aliphatic carbocycles. The quantitative estimate of drug-likeness (QED) is 0.171. The van der Waals surface area contributed by atoms with Crippen LogP contribution in [-0.2, 0) is 0 Å². The Morgan fingerprint density at radius 1 is 0.577 bits per heavy atom. The van der Waals surface area contributed by atoms with Gasteiger partial charge in [-0.25, -0.2) is 4.98 Å². The van der Waals surface area contributed by atoms with Gasteiger partial charge >= 0.3 is 0 Å². The van der Waals surface area contributed by atoms with Crippen LogP contribution >= 0.6 is 11.3 Å². The van der Waals surface area contributed by atoms with Crippen LogP contribution in [0.3, 0.4) is 0 Å². The molecule has 10 aromatic rings. The smallest absolute Gasteiger partial charge is 0.138 e. The van der Waals surface area contributed by atoms with Crippen molar-refractivity contribution in [2.45, 2.75) is 6.92 Å². The van der Waals surface area contributed by atoms with Gasteiger partial charge in [0, 0.05) is 47.6 Å². The summed E-state index contributed by atoms with van der Waals surface area (Å²) in [4.78, 5) is 5.14. The van der Waals surface area contributed by atoms with E-state index in [1.165, 1.54) is 47.8 Å². The Morgan fingerprint density at radius 2 is 1.25 bits per heavy atom. The molecule has 0 bridgehead atoms. The topological polar surface area (TPSA) is 22.8 Å². The number of thiophene rings is 1. The summed E-state index contributed by atoms with van der Waals surface area (Å²) in [6.45, 7) is 6.21. The number of hydrogen-bond acceptors (Lipinski definition) is 2. The number of fused-ring (bicyclic) bond motifs is 7. The lowest BCUT2D eigenvalue weighted by atomic mass is 9.97. The minimum absolute atomic E-state index is 0.882. The largest absolute Gasteiger partial charge is 0.308 e. The maximum atomic E-state index is 5.14. The highest BCUT2D eigenvalue weighted by molar-refractivity contribution is 7.26. The van der Waals surface area contributed by atoms with E-state index in [1.54, 1.807) is 0 Å². The molecule has 0 atom stereocenters. The number of benzene rings is 6. The molecule has 4 heterocycles. The number of rotatable bonds is 6. The van der Waals surface area contributed by atoms with Gasteiger partial charge in [0.25, 0.3) is 0 Å². The Hall–Kier alpha value is -6.49. The minimum Gasteiger partial charge on any atom is -0.308 e. The SMILES string of the molecule is C=Cc1c(C=CC)n(-c2cc3c4ccccc4n(-c4cccc(-c5cccc(-c6cccc7c6sc6ccccc67)c5)c4)c3cn2)c2ccccc12. The van der Waals surface area contributed by atoms with E-state index in [9.17, 15) is 0 Å². The monoisotopic (exact) mass is 683 g/mol. The first-order valence-electron chi connectivity index (χ1n) is 17.6. The van der Waals surface area contributed by atoms with Crippen LogP contribution in [0.15, 0.2) is 164 Å². The lowest BCUT2D eigenvalue weighted by Crippen LogP contribution is -2.01. The first-order chi connectivity index (χ1) is 25.7. The van der Waals surface area contributed by atoms with Crippen molar-refractivity contribution >= 4 is 76.4 Å². The molecule has 0 fully saturated rings. The van der Waals surface area contributed by atoms with Gasteiger partial charge in [0.1, 0.15) is 5.82 Å². The van der Waals surface area contributed by atoms with Crippen molar-refractivity contribution in [3.05, 3.63) is 176 Å². The molecule has 0 saturated carbocycles. The Morgan fingerprint density at radius 3 is 2.08 bits per heavy atom. The fourth-order valence-electron chi connectivity index (χ4n) is 7.99. The zero-order valence-corrected chi connectivity index (χ0v) is 29.4. The van der Waals surface area contributed by atoms with Crippen molar-refractivity contribution in [3.8, 4) is 33.8 Å². The highest BCUT2D eigenvalue weighted by atomic mass is 32.1. The van der Waals surface area contributed by atoms with E-state index in [2.05, 4.69) is 180 Å². The molecule has 0 N–H and O–H groups in total. The van der Waals surface area contributed by atoms with Gasteiger partial charge in [-0.15, -0.1) is 11.3 Å². The Balaban J connectivity index is 1.12. The van der Waals surface area contributed by atoms with E-state index in [0.717, 1.165) is 50.1 Å². The molecule has 4 aromatic heterocycles. The lowest BCUT2D eigenvalue weighted by Gasteiger charge is -2.12. The maximum Gasteiger partial charge on any atom is 0.138 e. The first kappa shape index (κ1) is 30.3. The van der Waals surface area contributed by atoms with Crippen LogP contribution in [0.4, 0.5) is 0 Å². The Bertz CT molecular complexity index is 3060. The van der Waals surface area contributed by atoms with Crippen LogP contribution < -0.4 is 0 Å². The molecule has 0 aliphatic rings. The van der Waals surface area contributed by atoms with E-state index >= 15 is 0 Å². The second-order valence-corrected chi connectivity index (χ2v) is 14.2. The van der Waals surface area contributed by atoms with Crippen LogP contribution in [-0.4, -0.2) is 14.1 Å². The fraction of sp³-hybridized carbons (Fsp3) is 0.0208. The third-order valence-electron chi connectivity index (χ3n) is 10.3. The number of aromatic nitrogens is 3. The van der Waals surface area contributed by atoms with Crippen molar-refractivity contribution in [2.75, 3.05) is 0 Å². The molecule has 6 aromatic carbocycles. The van der Waals surface area contributed by atoms with Gasteiger partial charge in [-0.05, 0) is 77.7 Å². The van der Waals surface area contributed by atoms with Gasteiger partial charge in [-0.2, -0.15) is 0 Å². The molecule has 0 saturated heterocycles. The van der Waals surface area contributed by atoms with Crippen molar-refractivity contribution < 1.29 is 0 Å². The molecule has 0 radical (unpaired) electrons. The second-order valence-electron chi connectivity index (χ2n) is 13.2. The highest BCUT2D eigenvalue weighted by Gasteiger charge is 2.19. The summed E-state index contributed by atoms with van der Waals surface area (Å²) >= 11 is 1.87. The summed E-state index contributed by atoms with van der Waals surface area (Å²) < 4.78 is 7.26. The zero-order valence-electron chi connectivity index (χ0n) is 28.6. The first-order valence-corrected chi connectivity index (χ1v) is 18.4. The number of nitrogens with zero attached hydrogens (tertiary/aromatic N) is 3. The number of hydrogen-bond donors (Lipinski definition) is 0. The number of pyridine rings is 1. The summed E-state index contributed by atoms with van der Waals surface area (Å²) in [5, 5.41) is 6.16. The average molecular weight is 684 g/mol. The molecule has 0 spiro atoms. The number of allylic oxidation sites excluding steroid dienone is 1. The summed E-state index contributed by atoms with van der Waals surface area (Å²) in [7, 11) is 0. The summed E-state index contributed by atoms with van der Waals surface area (Å²) in [6, 6.07) is 52.6. The lowest BCUT2D eigenvalue weighted by molar-refractivity contribution is 1.03. The Labute approximate surface area is 305 Å². The van der Waals surface area contributed by atoms with Crippen LogP contribution in [0.25, 0.3) is 98.8 Å². The molecule has 0 unspecified atom stereocenters. The molecule has 3 nitrogen and oxygen atoms in total. The van der Waals surface area contributed by atoms with E-state index < -0.39 is 0 Å². The maximum absolute atomic E-state index is 5.14. The van der Waals surface area contributed by atoms with E-state index in [0.29, 0.717) is 0 Å². The van der Waals surface area contributed by atoms with Crippen LogP contribution in [0.2, 0.25) is 0 Å². The summed E-state index contributed by atoms with van der Waals surface area (Å²) in [5.74, 6) is 0.882. The molecule has 0 aliphatic heterocycles. The van der Waals surface area contributed by atoms with Gasteiger partial charge in [0.05, 0.1) is 28.4 Å². The van der Waals surface area contributed by atoms with E-state index in [1.807, 2.05) is 23.6 Å². The van der Waals surface area contributed by atoms with Crippen LogP contribution in [0.1, 0.15) is 18.2 Å². The third kappa shape index (κ3) is 4.62. The van der Waals surface area contributed by atoms with Crippen molar-refractivity contribution in [3.63, 3.8) is 0 Å². The summed E-state index contributed by atoms with van der Waals surface area (Å²) in [6.07, 6.45) is 8.21. The molecule has 0 amide bonds. The molecular formula is C48H33N3S. The normalized spacial score (nSPS) is 11.9. The molecule has 4 heteroatoms. The summed E-state index contributed by atoms with van der Waals surface area (Å²) in [5.41, 5.74) is 11.5. The highest BCUT2D eigenvalue weighted by Crippen LogP contribution is 2.41. The van der Waals surface area contributed by atoms with E-state index in [-0.39, 0.29) is 0 Å². The fourth-order valence-corrected chi connectivity index (χ4v) is 9.23. The second kappa shape index (κ2) is 12.1. The van der Waals surface area contributed by atoms with E-state index in [4.69, 9.17) is 4.98 Å². The van der Waals surface area contributed by atoms with Crippen molar-refractivity contribution in [1.29, 1.82) is 0 Å². The number of para-hydroxylation sites is 2. The standard InChI is InChI=1S/C48H33N3S/c1-3-14-42-35(4-2)37-19-5-9-25-44(37)51(42)47-29-41-38-20-6-8-24-43(38)50(45(41)30-49-47)34-18-12-16-32(28-34)31-15-11-17-33(27-31)36-22-13-23-40-39-21-7-10-26-46(39)52-48(36)40/h3-30H,2H2,1H3. The average Bonchev–Trinajstić information content (AvgIpc) is 3.85. The van der Waals surface area contributed by atoms with Crippen LogP contribution in [0.5, 0.6) is 0 Å². The van der Waals surface area contributed by atoms with Crippen molar-refractivity contribution in [1.82, 2.24) is 14.1 Å². The molecule has 246 valence electrons. The predicted octanol–water partition coefficient (Wildman–Crippen LogP) is 13.5. The van der Waals surface area contributed by atoms with Gasteiger partial charge in [0.15, 0.2) is 0 Å². The van der Waals surface area contributed by atoms with Crippen LogP contribution in [0, 0.1) is 0 Å².